The van der Waals surface area contributed by atoms with E-state index >= 15 is 0 Å². The Morgan fingerprint density at radius 3 is 2.58 bits per heavy atom. The molecule has 1 aliphatic carbocycles. The number of nitrogens with zero attached hydrogens (tertiary/aromatic N) is 1. The minimum Gasteiger partial charge on any atom is -0.306 e. The molecular formula is C10H21NS. The summed E-state index contributed by atoms with van der Waals surface area (Å²) in [4.78, 5) is 2.47. The maximum atomic E-state index is 4.35. The summed E-state index contributed by atoms with van der Waals surface area (Å²) >= 11 is 4.35. The molecule has 1 nitrogen and oxygen atoms in total. The summed E-state index contributed by atoms with van der Waals surface area (Å²) in [6, 6.07) is 0. The molecule has 0 aromatic heterocycles. The lowest BCUT2D eigenvalue weighted by atomic mass is 10.1. The van der Waals surface area contributed by atoms with Gasteiger partial charge in [-0.15, -0.1) is 0 Å². The van der Waals surface area contributed by atoms with Gasteiger partial charge in [0.1, 0.15) is 0 Å². The molecule has 1 rings (SSSR count). The normalized spacial score (nSPS) is 20.0. The molecule has 1 saturated carbocycles. The summed E-state index contributed by atoms with van der Waals surface area (Å²) in [7, 11) is 2.24. The van der Waals surface area contributed by atoms with E-state index in [1.54, 1.807) is 0 Å². The minimum atomic E-state index is 0.789. The summed E-state index contributed by atoms with van der Waals surface area (Å²) in [6.45, 7) is 4.80. The van der Waals surface area contributed by atoms with E-state index in [0.29, 0.717) is 0 Å². The van der Waals surface area contributed by atoms with Crippen molar-refractivity contribution in [3.8, 4) is 0 Å². The van der Waals surface area contributed by atoms with Gasteiger partial charge in [0.25, 0.3) is 0 Å². The van der Waals surface area contributed by atoms with Crippen LogP contribution in [0.1, 0.15) is 26.2 Å². The van der Waals surface area contributed by atoms with Gasteiger partial charge in [0, 0.05) is 13.1 Å². The van der Waals surface area contributed by atoms with Gasteiger partial charge in [-0.25, -0.2) is 0 Å². The second-order valence-electron chi connectivity index (χ2n) is 4.12. The number of thiol groups is 1. The molecule has 0 aromatic carbocycles. The van der Waals surface area contributed by atoms with Crippen LogP contribution in [0.3, 0.4) is 0 Å². The Labute approximate surface area is 81.9 Å². The highest BCUT2D eigenvalue weighted by molar-refractivity contribution is 7.80. The Balaban J connectivity index is 2.09. The first kappa shape index (κ1) is 10.4. The third-order valence-electron chi connectivity index (χ3n) is 2.67. The van der Waals surface area contributed by atoms with Crippen molar-refractivity contribution in [1.82, 2.24) is 4.90 Å². The van der Waals surface area contributed by atoms with Crippen molar-refractivity contribution in [2.75, 3.05) is 25.9 Å². The van der Waals surface area contributed by atoms with Crippen molar-refractivity contribution >= 4 is 12.6 Å². The zero-order chi connectivity index (χ0) is 8.97. The highest BCUT2D eigenvalue weighted by Gasteiger charge is 2.23. The summed E-state index contributed by atoms with van der Waals surface area (Å²) in [6.07, 6.45) is 4.18. The number of rotatable bonds is 6. The van der Waals surface area contributed by atoms with Gasteiger partial charge < -0.3 is 4.90 Å². The van der Waals surface area contributed by atoms with Crippen LogP contribution < -0.4 is 0 Å². The molecule has 0 heterocycles. The number of hydrogen-bond donors (Lipinski definition) is 1. The first-order valence-electron chi connectivity index (χ1n) is 5.05. The molecule has 0 bridgehead atoms. The molecule has 0 aromatic rings. The van der Waals surface area contributed by atoms with E-state index in [9.17, 15) is 0 Å². The van der Waals surface area contributed by atoms with Gasteiger partial charge in [-0.2, -0.15) is 12.6 Å². The fourth-order valence-electron chi connectivity index (χ4n) is 1.57. The number of hydrogen-bond acceptors (Lipinski definition) is 2. The van der Waals surface area contributed by atoms with E-state index in [0.717, 1.165) is 17.6 Å². The maximum Gasteiger partial charge on any atom is 0.00144 e. The zero-order valence-corrected chi connectivity index (χ0v) is 9.19. The first-order chi connectivity index (χ1) is 5.76. The lowest BCUT2D eigenvalue weighted by Crippen LogP contribution is -2.28. The predicted octanol–water partition coefficient (Wildman–Crippen LogP) is 2.28. The average molecular weight is 187 g/mol. The van der Waals surface area contributed by atoms with Gasteiger partial charge in [0.2, 0.25) is 0 Å². The van der Waals surface area contributed by atoms with Crippen LogP contribution in [0.5, 0.6) is 0 Å². The second kappa shape index (κ2) is 5.13. The van der Waals surface area contributed by atoms with Gasteiger partial charge in [-0.05, 0) is 37.5 Å². The summed E-state index contributed by atoms with van der Waals surface area (Å²) in [5.74, 6) is 2.84. The van der Waals surface area contributed by atoms with Crippen LogP contribution in [0.15, 0.2) is 0 Å². The fraction of sp³-hybridized carbons (Fsp3) is 1.00. The highest BCUT2D eigenvalue weighted by Crippen LogP contribution is 2.29. The third-order valence-corrected chi connectivity index (χ3v) is 3.19. The van der Waals surface area contributed by atoms with Gasteiger partial charge in [0.15, 0.2) is 0 Å². The van der Waals surface area contributed by atoms with Crippen LogP contribution in [-0.2, 0) is 0 Å². The summed E-state index contributed by atoms with van der Waals surface area (Å²) in [5, 5.41) is 0. The van der Waals surface area contributed by atoms with Crippen LogP contribution in [0.25, 0.3) is 0 Å². The molecule has 1 aliphatic rings. The van der Waals surface area contributed by atoms with E-state index in [-0.39, 0.29) is 0 Å². The molecule has 0 saturated heterocycles. The Morgan fingerprint density at radius 2 is 2.17 bits per heavy atom. The van der Waals surface area contributed by atoms with Crippen molar-refractivity contribution < 1.29 is 0 Å². The summed E-state index contributed by atoms with van der Waals surface area (Å²) < 4.78 is 0. The first-order valence-corrected chi connectivity index (χ1v) is 5.68. The van der Waals surface area contributed by atoms with Crippen LogP contribution in [0.4, 0.5) is 0 Å². The average Bonchev–Trinajstić information content (AvgIpc) is 2.84. The molecule has 72 valence electrons. The minimum absolute atomic E-state index is 0.789. The Hall–Kier alpha value is 0.310. The van der Waals surface area contributed by atoms with Crippen molar-refractivity contribution in [2.24, 2.45) is 11.8 Å². The molecule has 12 heavy (non-hydrogen) atoms. The van der Waals surface area contributed by atoms with Crippen LogP contribution >= 0.6 is 12.6 Å². The predicted molar refractivity (Wildman–Crippen MR) is 57.9 cm³/mol. The van der Waals surface area contributed by atoms with E-state index in [1.165, 1.54) is 32.4 Å². The highest BCUT2D eigenvalue weighted by atomic mass is 32.1. The smallest absolute Gasteiger partial charge is 0.00144 e. The van der Waals surface area contributed by atoms with Crippen LogP contribution in [0, 0.1) is 11.8 Å². The van der Waals surface area contributed by atoms with Gasteiger partial charge >= 0.3 is 0 Å². The molecule has 1 unspecified atom stereocenters. The van der Waals surface area contributed by atoms with Crippen molar-refractivity contribution in [3.05, 3.63) is 0 Å². The topological polar surface area (TPSA) is 3.24 Å². The van der Waals surface area contributed by atoms with E-state index < -0.39 is 0 Å². The molecule has 0 spiro atoms. The molecule has 1 atom stereocenters. The standard InChI is InChI=1S/C10H21NS/c1-3-9(8-12)6-11(2)7-10-4-5-10/h9-10,12H,3-8H2,1-2H3. The lowest BCUT2D eigenvalue weighted by Gasteiger charge is -2.21. The van der Waals surface area contributed by atoms with Gasteiger partial charge in [-0.1, -0.05) is 13.3 Å². The Kier molecular flexibility index (Phi) is 4.44. The lowest BCUT2D eigenvalue weighted by molar-refractivity contribution is 0.275. The molecule has 0 N–H and O–H groups in total. The molecular weight excluding hydrogens is 166 g/mol. The maximum absolute atomic E-state index is 4.35. The fourth-order valence-corrected chi connectivity index (χ4v) is 1.95. The van der Waals surface area contributed by atoms with Gasteiger partial charge in [0.05, 0.1) is 0 Å². The molecule has 1 fully saturated rings. The largest absolute Gasteiger partial charge is 0.306 e. The molecule has 0 aliphatic heterocycles. The molecule has 0 amide bonds. The molecule has 2 heteroatoms. The third kappa shape index (κ3) is 3.81. The molecule has 0 radical (unpaired) electrons. The van der Waals surface area contributed by atoms with Crippen molar-refractivity contribution in [3.63, 3.8) is 0 Å². The second-order valence-corrected chi connectivity index (χ2v) is 4.49. The van der Waals surface area contributed by atoms with E-state index in [4.69, 9.17) is 0 Å². The Bertz CT molecular complexity index is 119. The summed E-state index contributed by atoms with van der Waals surface area (Å²) in [5.41, 5.74) is 0. The Morgan fingerprint density at radius 1 is 1.50 bits per heavy atom. The SMILES string of the molecule is CCC(CS)CN(C)CC1CC1. The van der Waals surface area contributed by atoms with E-state index in [1.807, 2.05) is 0 Å². The monoisotopic (exact) mass is 187 g/mol. The van der Waals surface area contributed by atoms with Gasteiger partial charge in [-0.3, -0.25) is 0 Å². The van der Waals surface area contributed by atoms with E-state index in [2.05, 4.69) is 31.5 Å². The zero-order valence-electron chi connectivity index (χ0n) is 8.29. The van der Waals surface area contributed by atoms with Crippen molar-refractivity contribution in [2.45, 2.75) is 26.2 Å². The quantitative estimate of drug-likeness (QED) is 0.624. The van der Waals surface area contributed by atoms with Crippen LogP contribution in [0.2, 0.25) is 0 Å². The van der Waals surface area contributed by atoms with Crippen molar-refractivity contribution in [1.29, 1.82) is 0 Å². The van der Waals surface area contributed by atoms with Crippen LogP contribution in [-0.4, -0.2) is 30.8 Å².